The third-order valence-corrected chi connectivity index (χ3v) is 5.13. The standard InChI is InChI=1S/C17H22N4OS.C2H6/c1-23-22-11-8-13-6-9-20(12-13)16-7-10-21-15-5-3-2-4-14(15)18-17(21)19-16;1-2/h2-5,7,10,13,16H,6,8-9,11-12H2,1H3,(H,18,19);1-2H3. The second-order valence-corrected chi connectivity index (χ2v) is 6.72. The molecule has 1 fully saturated rings. The number of rotatable bonds is 5. The number of anilines is 1. The molecule has 1 saturated heterocycles. The van der Waals surface area contributed by atoms with Gasteiger partial charge in [-0.3, -0.25) is 9.47 Å². The van der Waals surface area contributed by atoms with Crippen molar-refractivity contribution in [3.8, 4) is 0 Å². The van der Waals surface area contributed by atoms with Crippen molar-refractivity contribution >= 4 is 35.2 Å². The van der Waals surface area contributed by atoms with E-state index in [2.05, 4.69) is 45.3 Å². The fourth-order valence-corrected chi connectivity index (χ4v) is 3.77. The van der Waals surface area contributed by atoms with Gasteiger partial charge in [-0.1, -0.05) is 26.0 Å². The third-order valence-electron chi connectivity index (χ3n) is 4.73. The highest BCUT2D eigenvalue weighted by Crippen LogP contribution is 2.28. The summed E-state index contributed by atoms with van der Waals surface area (Å²) in [5, 5.41) is 3.57. The Morgan fingerprint density at radius 3 is 3.00 bits per heavy atom. The van der Waals surface area contributed by atoms with Crippen LogP contribution in [0.15, 0.2) is 30.3 Å². The molecule has 1 N–H and O–H groups in total. The summed E-state index contributed by atoms with van der Waals surface area (Å²) < 4.78 is 7.54. The van der Waals surface area contributed by atoms with Gasteiger partial charge in [0.1, 0.15) is 6.17 Å². The monoisotopic (exact) mass is 360 g/mol. The van der Waals surface area contributed by atoms with E-state index in [9.17, 15) is 0 Å². The Labute approximate surface area is 154 Å². The molecule has 2 aliphatic rings. The minimum atomic E-state index is 0.241. The van der Waals surface area contributed by atoms with Crippen LogP contribution in [-0.4, -0.2) is 46.6 Å². The van der Waals surface area contributed by atoms with Gasteiger partial charge in [-0.15, -0.1) is 0 Å². The van der Waals surface area contributed by atoms with Crippen LogP contribution in [0.2, 0.25) is 0 Å². The summed E-state index contributed by atoms with van der Waals surface area (Å²) in [6, 6.07) is 8.25. The average Bonchev–Trinajstić information content (AvgIpc) is 3.27. The van der Waals surface area contributed by atoms with Crippen LogP contribution in [0.25, 0.3) is 17.2 Å². The Balaban J connectivity index is 0.000000880. The lowest BCUT2D eigenvalue weighted by Crippen LogP contribution is -2.40. The Bertz CT molecular complexity index is 715. The second kappa shape index (κ2) is 8.74. The number of aromatic nitrogens is 2. The van der Waals surface area contributed by atoms with Crippen molar-refractivity contribution in [3.05, 3.63) is 30.3 Å². The molecule has 0 spiro atoms. The molecule has 0 aliphatic carbocycles. The molecule has 2 aromatic rings. The van der Waals surface area contributed by atoms with Gasteiger partial charge in [0.05, 0.1) is 17.6 Å². The molecule has 0 saturated carbocycles. The number of hydrogen-bond acceptors (Lipinski definition) is 5. The number of fused-ring (bicyclic) bond motifs is 3. The predicted octanol–water partition coefficient (Wildman–Crippen LogP) is 4.29. The summed E-state index contributed by atoms with van der Waals surface area (Å²) in [5.74, 6) is 1.67. The topological polar surface area (TPSA) is 42.3 Å². The molecule has 1 aromatic carbocycles. The van der Waals surface area contributed by atoms with Crippen molar-refractivity contribution in [1.29, 1.82) is 0 Å². The molecule has 0 radical (unpaired) electrons. The Kier molecular flexibility index (Phi) is 6.39. The SMILES string of the molecule is CC.CSOCCC1CCN(C2C=Cn3c(nc4ccccc43)N2)C1. The molecule has 6 heteroatoms. The van der Waals surface area contributed by atoms with Crippen molar-refractivity contribution < 1.29 is 4.18 Å². The first-order valence-electron chi connectivity index (χ1n) is 9.16. The molecule has 3 heterocycles. The van der Waals surface area contributed by atoms with Gasteiger partial charge in [0.2, 0.25) is 5.95 Å². The van der Waals surface area contributed by atoms with Gasteiger partial charge < -0.3 is 9.50 Å². The number of nitrogens with zero attached hydrogens (tertiary/aromatic N) is 3. The highest BCUT2D eigenvalue weighted by molar-refractivity contribution is 7.93. The van der Waals surface area contributed by atoms with Gasteiger partial charge in [-0.2, -0.15) is 0 Å². The molecule has 136 valence electrons. The number of benzene rings is 1. The number of para-hydroxylation sites is 2. The van der Waals surface area contributed by atoms with Gasteiger partial charge in [0.25, 0.3) is 0 Å². The van der Waals surface area contributed by atoms with Crippen LogP contribution < -0.4 is 5.32 Å². The number of likely N-dealkylation sites (tertiary alicyclic amines) is 1. The number of hydrogen-bond donors (Lipinski definition) is 1. The maximum atomic E-state index is 5.41. The highest BCUT2D eigenvalue weighted by atomic mass is 32.2. The van der Waals surface area contributed by atoms with Crippen LogP contribution in [0.4, 0.5) is 5.95 Å². The zero-order valence-electron chi connectivity index (χ0n) is 15.3. The quantitative estimate of drug-likeness (QED) is 0.636. The largest absolute Gasteiger partial charge is 0.336 e. The van der Waals surface area contributed by atoms with E-state index in [0.29, 0.717) is 0 Å². The maximum Gasteiger partial charge on any atom is 0.209 e. The van der Waals surface area contributed by atoms with E-state index in [4.69, 9.17) is 9.17 Å². The normalized spacial score (nSPS) is 22.4. The van der Waals surface area contributed by atoms with E-state index in [1.807, 2.05) is 26.2 Å². The van der Waals surface area contributed by atoms with Crippen molar-refractivity contribution in [2.75, 3.05) is 31.3 Å². The van der Waals surface area contributed by atoms with E-state index in [0.717, 1.165) is 49.0 Å². The first-order valence-corrected chi connectivity index (χ1v) is 10.3. The van der Waals surface area contributed by atoms with E-state index in [1.165, 1.54) is 18.5 Å². The lowest BCUT2D eigenvalue weighted by Gasteiger charge is -2.29. The van der Waals surface area contributed by atoms with Crippen molar-refractivity contribution in [1.82, 2.24) is 14.5 Å². The van der Waals surface area contributed by atoms with E-state index >= 15 is 0 Å². The van der Waals surface area contributed by atoms with E-state index in [-0.39, 0.29) is 6.17 Å². The molecule has 2 unspecified atom stereocenters. The smallest absolute Gasteiger partial charge is 0.209 e. The van der Waals surface area contributed by atoms with E-state index in [1.54, 1.807) is 0 Å². The summed E-state index contributed by atoms with van der Waals surface area (Å²) in [6.07, 6.45) is 9.00. The molecule has 0 amide bonds. The number of nitrogens with one attached hydrogen (secondary N) is 1. The minimum absolute atomic E-state index is 0.241. The van der Waals surface area contributed by atoms with Gasteiger partial charge in [-0.05, 0) is 49.0 Å². The van der Waals surface area contributed by atoms with Gasteiger partial charge >= 0.3 is 0 Å². The fraction of sp³-hybridized carbons (Fsp3) is 0.526. The van der Waals surface area contributed by atoms with Crippen LogP contribution >= 0.6 is 12.0 Å². The first-order chi connectivity index (χ1) is 12.3. The Morgan fingerprint density at radius 1 is 1.32 bits per heavy atom. The zero-order chi connectivity index (χ0) is 17.6. The first kappa shape index (κ1) is 18.3. The highest BCUT2D eigenvalue weighted by Gasteiger charge is 2.29. The molecule has 2 atom stereocenters. The Hall–Kier alpha value is -1.50. The van der Waals surface area contributed by atoms with E-state index < -0.39 is 0 Å². The van der Waals surface area contributed by atoms with Crippen molar-refractivity contribution in [3.63, 3.8) is 0 Å². The van der Waals surface area contributed by atoms with Crippen LogP contribution in [-0.2, 0) is 4.18 Å². The van der Waals surface area contributed by atoms with Gasteiger partial charge in [-0.25, -0.2) is 4.98 Å². The number of imidazole rings is 1. The summed E-state index contributed by atoms with van der Waals surface area (Å²) in [4.78, 5) is 7.21. The summed E-state index contributed by atoms with van der Waals surface area (Å²) in [6.45, 7) is 7.11. The van der Waals surface area contributed by atoms with Crippen LogP contribution in [0.3, 0.4) is 0 Å². The Morgan fingerprint density at radius 2 is 2.16 bits per heavy atom. The molecule has 1 aromatic heterocycles. The van der Waals surface area contributed by atoms with Gasteiger partial charge in [0.15, 0.2) is 0 Å². The lowest BCUT2D eigenvalue weighted by molar-refractivity contribution is 0.273. The summed E-state index contributed by atoms with van der Waals surface area (Å²) in [5.41, 5.74) is 2.19. The van der Waals surface area contributed by atoms with Crippen molar-refractivity contribution in [2.24, 2.45) is 5.92 Å². The fourth-order valence-electron chi connectivity index (χ4n) is 3.51. The van der Waals surface area contributed by atoms with Crippen LogP contribution in [0.5, 0.6) is 0 Å². The molecule has 4 rings (SSSR count). The molecular weight excluding hydrogens is 332 g/mol. The minimum Gasteiger partial charge on any atom is -0.336 e. The van der Waals surface area contributed by atoms with Crippen LogP contribution in [0, 0.1) is 5.92 Å². The second-order valence-electron chi connectivity index (χ2n) is 6.15. The predicted molar refractivity (Wildman–Crippen MR) is 108 cm³/mol. The van der Waals surface area contributed by atoms with Crippen molar-refractivity contribution in [2.45, 2.75) is 32.9 Å². The maximum absolute atomic E-state index is 5.41. The molecule has 0 bridgehead atoms. The summed E-state index contributed by atoms with van der Waals surface area (Å²) in [7, 11) is 0. The van der Waals surface area contributed by atoms with Crippen LogP contribution in [0.1, 0.15) is 26.7 Å². The molecule has 25 heavy (non-hydrogen) atoms. The third kappa shape index (κ3) is 4.02. The molecular formula is C19H28N4OS. The zero-order valence-corrected chi connectivity index (χ0v) is 16.1. The molecule has 5 nitrogen and oxygen atoms in total. The molecule has 2 aliphatic heterocycles. The lowest BCUT2D eigenvalue weighted by atomic mass is 10.1. The summed E-state index contributed by atoms with van der Waals surface area (Å²) >= 11 is 1.46. The average molecular weight is 361 g/mol. The van der Waals surface area contributed by atoms with Gasteiger partial charge in [0, 0.05) is 25.5 Å².